The maximum atomic E-state index is 6.02. The van der Waals surface area contributed by atoms with Crippen molar-refractivity contribution in [2.45, 2.75) is 69.9 Å². The highest BCUT2D eigenvalue weighted by Gasteiger charge is 2.23. The Hall–Kier alpha value is -0.840. The van der Waals surface area contributed by atoms with E-state index < -0.39 is 0 Å². The molecule has 0 aliphatic heterocycles. The zero-order valence-electron chi connectivity index (χ0n) is 12.3. The summed E-state index contributed by atoms with van der Waals surface area (Å²) in [4.78, 5) is 0. The number of nitrogens with one attached hydrogen (secondary N) is 1. The van der Waals surface area contributed by atoms with Crippen LogP contribution in [0.1, 0.15) is 49.8 Å². The Morgan fingerprint density at radius 1 is 1.25 bits per heavy atom. The number of ether oxygens (including phenoxy) is 2. The maximum absolute atomic E-state index is 6.02. The average molecular weight is 279 g/mol. The molecular weight excluding hydrogens is 254 g/mol. The molecule has 3 rings (SSSR count). The van der Waals surface area contributed by atoms with E-state index in [9.17, 15) is 0 Å². The molecular formula is C16H25NO3. The van der Waals surface area contributed by atoms with Crippen LogP contribution < -0.4 is 5.32 Å². The third-order valence-electron chi connectivity index (χ3n) is 4.36. The second-order valence-corrected chi connectivity index (χ2v) is 5.98. The first-order chi connectivity index (χ1) is 9.85. The molecule has 2 saturated carbocycles. The van der Waals surface area contributed by atoms with Crippen molar-refractivity contribution in [3.05, 3.63) is 23.7 Å². The fourth-order valence-electron chi connectivity index (χ4n) is 2.85. The van der Waals surface area contributed by atoms with E-state index in [1.807, 2.05) is 6.07 Å². The van der Waals surface area contributed by atoms with Crippen molar-refractivity contribution in [2.24, 2.45) is 0 Å². The van der Waals surface area contributed by atoms with Gasteiger partial charge in [-0.25, -0.2) is 0 Å². The molecule has 0 spiro atoms. The molecule has 1 heterocycles. The van der Waals surface area contributed by atoms with E-state index >= 15 is 0 Å². The lowest BCUT2D eigenvalue weighted by Crippen LogP contribution is -2.27. The Labute approximate surface area is 120 Å². The molecule has 0 aromatic carbocycles. The summed E-state index contributed by atoms with van der Waals surface area (Å²) in [7, 11) is 1.79. The monoisotopic (exact) mass is 279 g/mol. The smallest absolute Gasteiger partial charge is 0.133 e. The van der Waals surface area contributed by atoms with E-state index in [-0.39, 0.29) is 0 Å². The van der Waals surface area contributed by atoms with Crippen LogP contribution in [-0.4, -0.2) is 25.4 Å². The Kier molecular flexibility index (Phi) is 4.76. The van der Waals surface area contributed by atoms with Crippen LogP contribution in [-0.2, 0) is 22.6 Å². The van der Waals surface area contributed by atoms with Gasteiger partial charge in [-0.2, -0.15) is 0 Å². The van der Waals surface area contributed by atoms with Gasteiger partial charge in [0.05, 0.1) is 18.5 Å². The molecule has 1 aromatic rings. The Bertz CT molecular complexity index is 414. The summed E-state index contributed by atoms with van der Waals surface area (Å²) >= 11 is 0. The quantitative estimate of drug-likeness (QED) is 0.833. The van der Waals surface area contributed by atoms with Crippen LogP contribution in [0.2, 0.25) is 0 Å². The second kappa shape index (κ2) is 6.74. The molecule has 1 N–H and O–H groups in total. The largest absolute Gasteiger partial charge is 0.467 e. The third-order valence-corrected chi connectivity index (χ3v) is 4.36. The zero-order chi connectivity index (χ0) is 13.8. The van der Waals surface area contributed by atoms with Gasteiger partial charge in [-0.15, -0.1) is 0 Å². The zero-order valence-corrected chi connectivity index (χ0v) is 12.3. The van der Waals surface area contributed by atoms with Gasteiger partial charge in [-0.3, -0.25) is 0 Å². The first-order valence-electron chi connectivity index (χ1n) is 7.78. The van der Waals surface area contributed by atoms with Crippen LogP contribution in [0.4, 0.5) is 0 Å². The second-order valence-electron chi connectivity index (χ2n) is 5.98. The lowest BCUT2D eigenvalue weighted by molar-refractivity contribution is -0.0407. The number of furan rings is 1. The Morgan fingerprint density at radius 3 is 2.90 bits per heavy atom. The lowest BCUT2D eigenvalue weighted by atomic mass is 9.95. The number of methoxy groups -OCH3 is 1. The SMILES string of the molecule is COC1CCCC(OCc2occc2CNC2CC2)C1. The molecule has 2 atom stereocenters. The van der Waals surface area contributed by atoms with E-state index in [0.29, 0.717) is 18.8 Å². The van der Waals surface area contributed by atoms with Gasteiger partial charge in [0.1, 0.15) is 12.4 Å². The molecule has 0 bridgehead atoms. The minimum atomic E-state index is 0.308. The van der Waals surface area contributed by atoms with Crippen molar-refractivity contribution >= 4 is 0 Å². The fourth-order valence-corrected chi connectivity index (χ4v) is 2.85. The van der Waals surface area contributed by atoms with Crippen LogP contribution >= 0.6 is 0 Å². The van der Waals surface area contributed by atoms with Crippen LogP contribution in [0.3, 0.4) is 0 Å². The number of hydrogen-bond acceptors (Lipinski definition) is 4. The lowest BCUT2D eigenvalue weighted by Gasteiger charge is -2.28. The van der Waals surface area contributed by atoms with Crippen molar-refractivity contribution in [1.82, 2.24) is 5.32 Å². The van der Waals surface area contributed by atoms with E-state index in [0.717, 1.165) is 37.6 Å². The van der Waals surface area contributed by atoms with Crippen molar-refractivity contribution < 1.29 is 13.9 Å². The van der Waals surface area contributed by atoms with Gasteiger partial charge >= 0.3 is 0 Å². The van der Waals surface area contributed by atoms with Crippen LogP contribution in [0.5, 0.6) is 0 Å². The summed E-state index contributed by atoms with van der Waals surface area (Å²) in [6.45, 7) is 1.47. The summed E-state index contributed by atoms with van der Waals surface area (Å²) in [5.41, 5.74) is 1.23. The molecule has 2 unspecified atom stereocenters. The van der Waals surface area contributed by atoms with Crippen LogP contribution in [0.15, 0.2) is 16.7 Å². The van der Waals surface area contributed by atoms with E-state index in [2.05, 4.69) is 5.32 Å². The molecule has 0 amide bonds. The highest BCUT2D eigenvalue weighted by Crippen LogP contribution is 2.25. The van der Waals surface area contributed by atoms with E-state index in [1.165, 1.54) is 24.8 Å². The van der Waals surface area contributed by atoms with Crippen molar-refractivity contribution in [2.75, 3.05) is 7.11 Å². The van der Waals surface area contributed by atoms with E-state index in [1.54, 1.807) is 13.4 Å². The molecule has 20 heavy (non-hydrogen) atoms. The van der Waals surface area contributed by atoms with Gasteiger partial charge in [-0.05, 0) is 44.6 Å². The molecule has 0 radical (unpaired) electrons. The maximum Gasteiger partial charge on any atom is 0.133 e. The van der Waals surface area contributed by atoms with Gasteiger partial charge in [-0.1, -0.05) is 0 Å². The minimum absolute atomic E-state index is 0.308. The van der Waals surface area contributed by atoms with Gasteiger partial charge in [0.25, 0.3) is 0 Å². The highest BCUT2D eigenvalue weighted by atomic mass is 16.5. The third kappa shape index (κ3) is 3.84. The van der Waals surface area contributed by atoms with Gasteiger partial charge in [0.2, 0.25) is 0 Å². The fraction of sp³-hybridized carbons (Fsp3) is 0.750. The highest BCUT2D eigenvalue weighted by molar-refractivity contribution is 5.16. The molecule has 4 nitrogen and oxygen atoms in total. The Morgan fingerprint density at radius 2 is 2.10 bits per heavy atom. The first kappa shape index (κ1) is 14.1. The van der Waals surface area contributed by atoms with Gasteiger partial charge in [0.15, 0.2) is 0 Å². The summed E-state index contributed by atoms with van der Waals surface area (Å²) in [6.07, 6.45) is 9.55. The first-order valence-corrected chi connectivity index (χ1v) is 7.78. The molecule has 2 aliphatic carbocycles. The number of hydrogen-bond donors (Lipinski definition) is 1. The number of rotatable bonds is 7. The summed E-state index contributed by atoms with van der Waals surface area (Å²) in [5.74, 6) is 0.970. The van der Waals surface area contributed by atoms with Gasteiger partial charge < -0.3 is 19.2 Å². The molecule has 1 aromatic heterocycles. The van der Waals surface area contributed by atoms with Gasteiger partial charge in [0, 0.05) is 25.3 Å². The predicted octanol–water partition coefficient (Wildman–Crippen LogP) is 3.01. The summed E-state index contributed by atoms with van der Waals surface area (Å²) in [5, 5.41) is 3.52. The van der Waals surface area contributed by atoms with Crippen molar-refractivity contribution in [3.63, 3.8) is 0 Å². The normalized spacial score (nSPS) is 26.9. The molecule has 2 fully saturated rings. The van der Waals surface area contributed by atoms with Crippen LogP contribution in [0.25, 0.3) is 0 Å². The average Bonchev–Trinajstić information content (AvgIpc) is 3.21. The molecule has 4 heteroatoms. The summed E-state index contributed by atoms with van der Waals surface area (Å²) < 4.78 is 17.0. The predicted molar refractivity (Wildman–Crippen MR) is 76.4 cm³/mol. The standard InChI is InChI=1S/C16H25NO3/c1-18-14-3-2-4-15(9-14)20-11-16-12(7-8-19-16)10-17-13-5-6-13/h7-8,13-15,17H,2-6,9-11H2,1H3. The molecule has 2 aliphatic rings. The minimum Gasteiger partial charge on any atom is -0.467 e. The molecule has 112 valence electrons. The van der Waals surface area contributed by atoms with E-state index in [4.69, 9.17) is 13.9 Å². The van der Waals surface area contributed by atoms with Crippen molar-refractivity contribution in [1.29, 1.82) is 0 Å². The summed E-state index contributed by atoms with van der Waals surface area (Å²) in [6, 6.07) is 2.77. The van der Waals surface area contributed by atoms with Crippen LogP contribution in [0, 0.1) is 0 Å². The topological polar surface area (TPSA) is 43.6 Å². The van der Waals surface area contributed by atoms with Crippen molar-refractivity contribution in [3.8, 4) is 0 Å². The molecule has 0 saturated heterocycles. The Balaban J connectivity index is 1.46.